The number of unbranched alkanes of at least 4 members (excludes halogenated alkanes) is 5. The van der Waals surface area contributed by atoms with Crippen LogP contribution in [0.3, 0.4) is 0 Å². The van der Waals surface area contributed by atoms with Gasteiger partial charge in [0.2, 0.25) is 0 Å². The summed E-state index contributed by atoms with van der Waals surface area (Å²) in [4.78, 5) is 0. The minimum atomic E-state index is 0.823. The summed E-state index contributed by atoms with van der Waals surface area (Å²) in [6.45, 7) is 2.27. The predicted molar refractivity (Wildman–Crippen MR) is 66.0 cm³/mol. The van der Waals surface area contributed by atoms with E-state index in [0.717, 1.165) is 5.88 Å². The fraction of sp³-hybridized carbons (Fsp3) is 1.00. The Balaban J connectivity index is 2.76. The third-order valence-corrected chi connectivity index (χ3v) is 3.49. The second-order valence-electron chi connectivity index (χ2n) is 3.42. The molecule has 0 saturated heterocycles. The van der Waals surface area contributed by atoms with Gasteiger partial charge in [-0.15, -0.1) is 11.6 Å². The molecule has 0 nitrogen and oxygen atoms in total. The molecule has 0 radical (unpaired) electrons. The topological polar surface area (TPSA) is 0 Å². The van der Waals surface area contributed by atoms with Crippen LogP contribution in [0.4, 0.5) is 0 Å². The zero-order valence-electron chi connectivity index (χ0n) is 8.86. The zero-order chi connectivity index (χ0) is 9.78. The van der Waals surface area contributed by atoms with Crippen LogP contribution in [0.25, 0.3) is 0 Å². The Bertz CT molecular complexity index is 76.2. The lowest BCUT2D eigenvalue weighted by Crippen LogP contribution is -1.85. The number of alkyl halides is 1. The summed E-state index contributed by atoms with van der Waals surface area (Å²) in [6, 6.07) is 0. The molecule has 0 atom stereocenters. The minimum absolute atomic E-state index is 0.823. The Morgan fingerprint density at radius 2 is 1.46 bits per heavy atom. The van der Waals surface area contributed by atoms with Crippen molar-refractivity contribution in [1.29, 1.82) is 0 Å². The molecule has 0 amide bonds. The van der Waals surface area contributed by atoms with Crippen LogP contribution in [0.1, 0.15) is 51.9 Å². The van der Waals surface area contributed by atoms with E-state index < -0.39 is 0 Å². The maximum absolute atomic E-state index is 5.59. The van der Waals surface area contributed by atoms with Crippen molar-refractivity contribution in [2.75, 3.05) is 17.4 Å². The Labute approximate surface area is 92.8 Å². The number of hydrogen-bond acceptors (Lipinski definition) is 1. The molecule has 0 unspecified atom stereocenters. The molecular formula is C11H23ClS. The molecule has 0 heterocycles. The molecule has 0 N–H and O–H groups in total. The molecule has 13 heavy (non-hydrogen) atoms. The van der Waals surface area contributed by atoms with Gasteiger partial charge in [-0.25, -0.2) is 0 Å². The van der Waals surface area contributed by atoms with Gasteiger partial charge < -0.3 is 0 Å². The molecule has 0 saturated carbocycles. The van der Waals surface area contributed by atoms with E-state index in [9.17, 15) is 0 Å². The maximum atomic E-state index is 5.59. The average Bonchev–Trinajstić information content (AvgIpc) is 2.16. The maximum Gasteiger partial charge on any atom is 0.0231 e. The SMILES string of the molecule is CCCCCCCCSCCCCl. The van der Waals surface area contributed by atoms with Crippen LogP contribution in [0.2, 0.25) is 0 Å². The van der Waals surface area contributed by atoms with Gasteiger partial charge in [-0.05, 0) is 24.3 Å². The first-order valence-corrected chi connectivity index (χ1v) is 7.24. The Morgan fingerprint density at radius 3 is 2.15 bits per heavy atom. The van der Waals surface area contributed by atoms with Crippen LogP contribution in [0, 0.1) is 0 Å². The minimum Gasteiger partial charge on any atom is -0.162 e. The van der Waals surface area contributed by atoms with Crippen molar-refractivity contribution in [1.82, 2.24) is 0 Å². The molecule has 0 bridgehead atoms. The van der Waals surface area contributed by atoms with Gasteiger partial charge in [-0.1, -0.05) is 39.0 Å². The van der Waals surface area contributed by atoms with Gasteiger partial charge in [0.25, 0.3) is 0 Å². The first kappa shape index (κ1) is 13.6. The van der Waals surface area contributed by atoms with E-state index in [1.54, 1.807) is 0 Å². The molecule has 0 spiro atoms. The second-order valence-corrected chi connectivity index (χ2v) is 5.03. The summed E-state index contributed by atoms with van der Waals surface area (Å²) in [5, 5.41) is 0. The van der Waals surface area contributed by atoms with Crippen LogP contribution >= 0.6 is 23.4 Å². The van der Waals surface area contributed by atoms with Gasteiger partial charge in [-0.3, -0.25) is 0 Å². The van der Waals surface area contributed by atoms with Crippen LogP contribution in [-0.2, 0) is 0 Å². The fourth-order valence-electron chi connectivity index (χ4n) is 1.24. The Hall–Kier alpha value is 0.640. The van der Waals surface area contributed by atoms with E-state index in [2.05, 4.69) is 18.7 Å². The van der Waals surface area contributed by atoms with Crippen molar-refractivity contribution in [3.63, 3.8) is 0 Å². The summed E-state index contributed by atoms with van der Waals surface area (Å²) < 4.78 is 0. The summed E-state index contributed by atoms with van der Waals surface area (Å²) in [7, 11) is 0. The normalized spacial score (nSPS) is 10.6. The quantitative estimate of drug-likeness (QED) is 0.381. The van der Waals surface area contributed by atoms with Crippen molar-refractivity contribution < 1.29 is 0 Å². The monoisotopic (exact) mass is 222 g/mol. The molecule has 80 valence electrons. The van der Waals surface area contributed by atoms with Crippen LogP contribution in [0.5, 0.6) is 0 Å². The molecule has 0 fully saturated rings. The van der Waals surface area contributed by atoms with Crippen molar-refractivity contribution in [2.24, 2.45) is 0 Å². The molecule has 0 aliphatic heterocycles. The van der Waals surface area contributed by atoms with Gasteiger partial charge in [-0.2, -0.15) is 11.8 Å². The molecule has 0 aliphatic rings. The highest BCUT2D eigenvalue weighted by Gasteiger charge is 1.91. The molecule has 0 rings (SSSR count). The highest BCUT2D eigenvalue weighted by molar-refractivity contribution is 7.99. The smallest absolute Gasteiger partial charge is 0.0231 e. The van der Waals surface area contributed by atoms with Crippen molar-refractivity contribution in [3.05, 3.63) is 0 Å². The van der Waals surface area contributed by atoms with E-state index in [0.29, 0.717) is 0 Å². The highest BCUT2D eigenvalue weighted by atomic mass is 35.5. The van der Waals surface area contributed by atoms with E-state index in [1.807, 2.05) is 0 Å². The van der Waals surface area contributed by atoms with Crippen molar-refractivity contribution >= 4 is 23.4 Å². The lowest BCUT2D eigenvalue weighted by Gasteiger charge is -2.00. The lowest BCUT2D eigenvalue weighted by molar-refractivity contribution is 0.627. The van der Waals surface area contributed by atoms with Gasteiger partial charge in [0.15, 0.2) is 0 Å². The number of halogens is 1. The standard InChI is InChI=1S/C11H23ClS/c1-2-3-4-5-6-7-10-13-11-8-9-12/h2-11H2,1H3. The van der Waals surface area contributed by atoms with Crippen molar-refractivity contribution in [2.45, 2.75) is 51.9 Å². The summed E-state index contributed by atoms with van der Waals surface area (Å²) >= 11 is 7.64. The summed E-state index contributed by atoms with van der Waals surface area (Å²) in [6.07, 6.45) is 9.63. The molecular weight excluding hydrogens is 200 g/mol. The molecule has 0 aromatic heterocycles. The lowest BCUT2D eigenvalue weighted by atomic mass is 10.1. The molecule has 0 aromatic rings. The van der Waals surface area contributed by atoms with E-state index in [-0.39, 0.29) is 0 Å². The first-order chi connectivity index (χ1) is 6.41. The molecule has 0 aromatic carbocycles. The van der Waals surface area contributed by atoms with E-state index in [4.69, 9.17) is 11.6 Å². The third kappa shape index (κ3) is 12.6. The highest BCUT2D eigenvalue weighted by Crippen LogP contribution is 2.10. The number of thioether (sulfide) groups is 1. The summed E-state index contributed by atoms with van der Waals surface area (Å²) in [5.74, 6) is 3.41. The van der Waals surface area contributed by atoms with Gasteiger partial charge in [0.05, 0.1) is 0 Å². The second kappa shape index (κ2) is 12.6. The van der Waals surface area contributed by atoms with Crippen LogP contribution in [0.15, 0.2) is 0 Å². The van der Waals surface area contributed by atoms with Crippen LogP contribution < -0.4 is 0 Å². The van der Waals surface area contributed by atoms with Gasteiger partial charge in [0, 0.05) is 5.88 Å². The Kier molecular flexibility index (Phi) is 13.3. The molecule has 2 heteroatoms. The van der Waals surface area contributed by atoms with E-state index >= 15 is 0 Å². The largest absolute Gasteiger partial charge is 0.162 e. The third-order valence-electron chi connectivity index (χ3n) is 2.06. The molecule has 0 aliphatic carbocycles. The van der Waals surface area contributed by atoms with E-state index in [1.165, 1.54) is 56.5 Å². The first-order valence-electron chi connectivity index (χ1n) is 5.55. The number of hydrogen-bond donors (Lipinski definition) is 0. The fourth-order valence-corrected chi connectivity index (χ4v) is 2.50. The summed E-state index contributed by atoms with van der Waals surface area (Å²) in [5.41, 5.74) is 0. The predicted octanol–water partition coefficient (Wildman–Crippen LogP) is 4.71. The average molecular weight is 223 g/mol. The number of rotatable bonds is 10. The van der Waals surface area contributed by atoms with Crippen LogP contribution in [-0.4, -0.2) is 17.4 Å². The van der Waals surface area contributed by atoms with Crippen molar-refractivity contribution in [3.8, 4) is 0 Å². The van der Waals surface area contributed by atoms with Gasteiger partial charge in [0.1, 0.15) is 0 Å². The van der Waals surface area contributed by atoms with Gasteiger partial charge >= 0.3 is 0 Å². The Morgan fingerprint density at radius 1 is 0.846 bits per heavy atom. The zero-order valence-corrected chi connectivity index (χ0v) is 10.4.